The summed E-state index contributed by atoms with van der Waals surface area (Å²) in [6.07, 6.45) is 0. The van der Waals surface area contributed by atoms with Gasteiger partial charge in [0.05, 0.1) is 6.04 Å². The van der Waals surface area contributed by atoms with Crippen LogP contribution in [0.25, 0.3) is 0 Å². The Morgan fingerprint density at radius 1 is 1.18 bits per heavy atom. The van der Waals surface area contributed by atoms with Crippen molar-refractivity contribution in [3.63, 3.8) is 0 Å². The molecule has 2 rings (SSSR count). The van der Waals surface area contributed by atoms with Crippen molar-refractivity contribution >= 4 is 43.2 Å². The fourth-order valence-electron chi connectivity index (χ4n) is 1.75. The highest BCUT2D eigenvalue weighted by molar-refractivity contribution is 9.10. The molecule has 1 heterocycles. The molecule has 1 aromatic heterocycles. The maximum atomic E-state index is 6.34. The highest BCUT2D eigenvalue weighted by atomic mass is 79.9. The molecule has 1 unspecified atom stereocenters. The number of halogens is 2. The van der Waals surface area contributed by atoms with E-state index in [0.717, 1.165) is 8.95 Å². The predicted octanol–water partition coefficient (Wildman–Crippen LogP) is 4.94. The van der Waals surface area contributed by atoms with Crippen LogP contribution >= 0.6 is 43.2 Å². The topological polar surface area (TPSA) is 26.0 Å². The third kappa shape index (κ3) is 2.65. The van der Waals surface area contributed by atoms with Crippen molar-refractivity contribution in [2.45, 2.75) is 19.9 Å². The van der Waals surface area contributed by atoms with Crippen LogP contribution in [0.5, 0.6) is 0 Å². The van der Waals surface area contributed by atoms with Gasteiger partial charge in [0, 0.05) is 18.7 Å². The van der Waals surface area contributed by atoms with Crippen LogP contribution in [0.1, 0.15) is 26.9 Å². The molecular formula is C13H13Br2NS. The zero-order valence-corrected chi connectivity index (χ0v) is 13.6. The first-order valence-electron chi connectivity index (χ1n) is 5.27. The summed E-state index contributed by atoms with van der Waals surface area (Å²) in [4.78, 5) is 2.46. The molecule has 0 aliphatic rings. The number of benzene rings is 1. The van der Waals surface area contributed by atoms with Gasteiger partial charge < -0.3 is 5.73 Å². The van der Waals surface area contributed by atoms with Gasteiger partial charge in [-0.2, -0.15) is 0 Å². The molecule has 1 atom stereocenters. The minimum Gasteiger partial charge on any atom is -0.320 e. The molecule has 0 fully saturated rings. The van der Waals surface area contributed by atoms with Crippen molar-refractivity contribution in [1.82, 2.24) is 0 Å². The number of rotatable bonds is 2. The average Bonchev–Trinajstić information content (AvgIpc) is 2.62. The molecule has 1 nitrogen and oxygen atoms in total. The van der Waals surface area contributed by atoms with E-state index in [1.165, 1.54) is 20.9 Å². The molecule has 90 valence electrons. The lowest BCUT2D eigenvalue weighted by atomic mass is 10.0. The minimum atomic E-state index is -0.0532. The van der Waals surface area contributed by atoms with E-state index in [0.29, 0.717) is 0 Å². The highest BCUT2D eigenvalue weighted by Gasteiger charge is 2.15. The van der Waals surface area contributed by atoms with E-state index in [2.05, 4.69) is 57.8 Å². The van der Waals surface area contributed by atoms with Crippen LogP contribution in [0.2, 0.25) is 0 Å². The van der Waals surface area contributed by atoms with Gasteiger partial charge in [0.15, 0.2) is 0 Å². The lowest BCUT2D eigenvalue weighted by Gasteiger charge is -2.14. The Balaban J connectivity index is 2.43. The lowest BCUT2D eigenvalue weighted by molar-refractivity contribution is 0.880. The van der Waals surface area contributed by atoms with Gasteiger partial charge in [0.25, 0.3) is 0 Å². The van der Waals surface area contributed by atoms with Crippen molar-refractivity contribution in [3.05, 3.63) is 54.1 Å². The van der Waals surface area contributed by atoms with E-state index < -0.39 is 0 Å². The molecule has 0 bridgehead atoms. The number of hydrogen-bond acceptors (Lipinski definition) is 2. The highest BCUT2D eigenvalue weighted by Crippen LogP contribution is 2.34. The van der Waals surface area contributed by atoms with Crippen LogP contribution in [0.4, 0.5) is 0 Å². The molecule has 0 aliphatic heterocycles. The summed E-state index contributed by atoms with van der Waals surface area (Å²) in [6.45, 7) is 4.19. The van der Waals surface area contributed by atoms with Gasteiger partial charge in [0.2, 0.25) is 0 Å². The average molecular weight is 375 g/mol. The molecule has 0 saturated heterocycles. The molecule has 4 heteroatoms. The van der Waals surface area contributed by atoms with Crippen LogP contribution in [-0.2, 0) is 0 Å². The second-order valence-electron chi connectivity index (χ2n) is 3.98. The molecule has 0 spiro atoms. The molecule has 2 aromatic rings. The summed E-state index contributed by atoms with van der Waals surface area (Å²) in [5, 5.41) is 0. The SMILES string of the molecule is Cc1sc(C(N)c2cccc(Br)c2C)cc1Br. The van der Waals surface area contributed by atoms with Crippen molar-refractivity contribution in [2.24, 2.45) is 5.73 Å². The van der Waals surface area contributed by atoms with Crippen LogP contribution in [0.15, 0.2) is 33.2 Å². The maximum absolute atomic E-state index is 6.34. The van der Waals surface area contributed by atoms with Crippen molar-refractivity contribution in [1.29, 1.82) is 0 Å². The second kappa shape index (κ2) is 5.22. The first-order valence-corrected chi connectivity index (χ1v) is 7.67. The zero-order valence-electron chi connectivity index (χ0n) is 9.63. The van der Waals surface area contributed by atoms with E-state index in [1.54, 1.807) is 11.3 Å². The second-order valence-corrected chi connectivity index (χ2v) is 6.98. The third-order valence-electron chi connectivity index (χ3n) is 2.83. The predicted molar refractivity (Wildman–Crippen MR) is 81.7 cm³/mol. The van der Waals surface area contributed by atoms with Gasteiger partial charge in [-0.3, -0.25) is 0 Å². The van der Waals surface area contributed by atoms with E-state index in [1.807, 2.05) is 12.1 Å². The molecule has 2 N–H and O–H groups in total. The Bertz CT molecular complexity index is 529. The van der Waals surface area contributed by atoms with Gasteiger partial charge in [0.1, 0.15) is 0 Å². The van der Waals surface area contributed by atoms with Gasteiger partial charge >= 0.3 is 0 Å². The van der Waals surface area contributed by atoms with E-state index in [9.17, 15) is 0 Å². The molecule has 1 aromatic carbocycles. The standard InChI is InChI=1S/C13H13Br2NS/c1-7-9(4-3-5-10(7)14)13(16)12-6-11(15)8(2)17-12/h3-6,13H,16H2,1-2H3. The maximum Gasteiger partial charge on any atom is 0.0649 e. The quantitative estimate of drug-likeness (QED) is 0.791. The van der Waals surface area contributed by atoms with E-state index in [-0.39, 0.29) is 6.04 Å². The number of nitrogens with two attached hydrogens (primary N) is 1. The normalized spacial score (nSPS) is 12.8. The summed E-state index contributed by atoms with van der Waals surface area (Å²) < 4.78 is 2.25. The Labute approximate surface area is 122 Å². The first-order chi connectivity index (χ1) is 8.00. The molecule has 0 radical (unpaired) electrons. The monoisotopic (exact) mass is 373 g/mol. The Morgan fingerprint density at radius 3 is 2.47 bits per heavy atom. The number of thiophene rings is 1. The van der Waals surface area contributed by atoms with Crippen molar-refractivity contribution in [2.75, 3.05) is 0 Å². The largest absolute Gasteiger partial charge is 0.320 e. The Morgan fingerprint density at radius 2 is 1.88 bits per heavy atom. The Hall–Kier alpha value is -0.160. The van der Waals surface area contributed by atoms with Gasteiger partial charge in [-0.15, -0.1) is 11.3 Å². The lowest BCUT2D eigenvalue weighted by Crippen LogP contribution is -2.11. The smallest absolute Gasteiger partial charge is 0.0649 e. The fourth-order valence-corrected chi connectivity index (χ4v) is 3.71. The van der Waals surface area contributed by atoms with Crippen molar-refractivity contribution < 1.29 is 0 Å². The molecule has 0 aliphatic carbocycles. The number of hydrogen-bond donors (Lipinski definition) is 1. The molecule has 0 amide bonds. The zero-order chi connectivity index (χ0) is 12.6. The van der Waals surface area contributed by atoms with Crippen molar-refractivity contribution in [3.8, 4) is 0 Å². The first kappa shape index (κ1) is 13.3. The minimum absolute atomic E-state index is 0.0532. The third-order valence-corrected chi connectivity index (χ3v) is 5.91. The summed E-state index contributed by atoms with van der Waals surface area (Å²) in [6, 6.07) is 8.23. The fraction of sp³-hybridized carbons (Fsp3) is 0.231. The van der Waals surface area contributed by atoms with Crippen LogP contribution < -0.4 is 5.73 Å². The molecule has 0 saturated carbocycles. The molecule has 17 heavy (non-hydrogen) atoms. The van der Waals surface area contributed by atoms with Crippen LogP contribution in [0.3, 0.4) is 0 Å². The van der Waals surface area contributed by atoms with Crippen LogP contribution in [0, 0.1) is 13.8 Å². The summed E-state index contributed by atoms with van der Waals surface area (Å²) in [5.74, 6) is 0. The molecular weight excluding hydrogens is 362 g/mol. The van der Waals surface area contributed by atoms with E-state index >= 15 is 0 Å². The number of aryl methyl sites for hydroxylation is 1. The van der Waals surface area contributed by atoms with Crippen LogP contribution in [-0.4, -0.2) is 0 Å². The van der Waals surface area contributed by atoms with Gasteiger partial charge in [-0.25, -0.2) is 0 Å². The van der Waals surface area contributed by atoms with Gasteiger partial charge in [-0.05, 0) is 53.0 Å². The van der Waals surface area contributed by atoms with E-state index in [4.69, 9.17) is 5.73 Å². The summed E-state index contributed by atoms with van der Waals surface area (Å²) in [5.41, 5.74) is 8.72. The summed E-state index contributed by atoms with van der Waals surface area (Å²) >= 11 is 8.83. The Kier molecular flexibility index (Phi) is 4.08. The van der Waals surface area contributed by atoms with Gasteiger partial charge in [-0.1, -0.05) is 28.1 Å². The summed E-state index contributed by atoms with van der Waals surface area (Å²) in [7, 11) is 0.